The summed E-state index contributed by atoms with van der Waals surface area (Å²) < 4.78 is 0. The lowest BCUT2D eigenvalue weighted by Gasteiger charge is -2.31. The monoisotopic (exact) mass is 814 g/mol. The van der Waals surface area contributed by atoms with E-state index in [0.717, 1.165) is 21.6 Å². The minimum absolute atomic E-state index is 0.0113. The lowest BCUT2D eigenvalue weighted by molar-refractivity contribution is 0.475. The summed E-state index contributed by atoms with van der Waals surface area (Å²) in [6.45, 7) is 28.8. The average molecular weight is 815 g/mol. The van der Waals surface area contributed by atoms with Crippen LogP contribution in [-0.4, -0.2) is 9.52 Å². The first-order valence-corrected chi connectivity index (χ1v) is 24.0. The Balaban J connectivity index is 1.21. The van der Waals surface area contributed by atoms with Gasteiger partial charge in [0.15, 0.2) is 0 Å². The summed E-state index contributed by atoms with van der Waals surface area (Å²) in [6.07, 6.45) is 5.24. The Morgan fingerprint density at radius 3 is 1.02 bits per heavy atom. The number of allylic oxidation sites excluding steroid dienone is 2. The molecule has 0 saturated heterocycles. The number of rotatable bonds is 8. The van der Waals surface area contributed by atoms with Crippen molar-refractivity contribution < 1.29 is 0 Å². The zero-order valence-corrected chi connectivity index (χ0v) is 39.9. The highest BCUT2D eigenvalue weighted by Crippen LogP contribution is 2.55. The Hall–Kier alpha value is -4.98. The molecular weight excluding hydrogens is 749 g/mol. The molecule has 0 amide bonds. The van der Waals surface area contributed by atoms with Crippen molar-refractivity contribution >= 4 is 21.7 Å². The third kappa shape index (κ3) is 8.24. The van der Waals surface area contributed by atoms with Gasteiger partial charge in [-0.05, 0) is 99.5 Å². The van der Waals surface area contributed by atoms with Gasteiger partial charge in [-0.15, -0.1) is 0 Å². The van der Waals surface area contributed by atoms with Crippen LogP contribution in [0.1, 0.15) is 128 Å². The first-order chi connectivity index (χ1) is 28.8. The third-order valence-electron chi connectivity index (χ3n) is 13.3. The first-order valence-electron chi connectivity index (χ1n) is 22.6. The van der Waals surface area contributed by atoms with E-state index in [9.17, 15) is 0 Å². The highest BCUT2D eigenvalue weighted by molar-refractivity contribution is 6.36. The lowest BCUT2D eigenvalue weighted by Crippen LogP contribution is -2.18. The second-order valence-electron chi connectivity index (χ2n) is 21.8. The summed E-state index contributed by atoms with van der Waals surface area (Å²) in [5.41, 5.74) is 22.6. The van der Waals surface area contributed by atoms with Crippen molar-refractivity contribution in [3.63, 3.8) is 0 Å². The molecule has 6 aromatic rings. The van der Waals surface area contributed by atoms with Crippen LogP contribution in [-0.2, 0) is 10.8 Å². The third-order valence-corrected chi connectivity index (χ3v) is 14.7. The summed E-state index contributed by atoms with van der Waals surface area (Å²) in [7, 11) is 0.822. The van der Waals surface area contributed by atoms with E-state index in [4.69, 9.17) is 0 Å². The highest BCUT2D eigenvalue weighted by atomic mass is 28.2. The molecule has 2 aliphatic rings. The first kappa shape index (κ1) is 42.7. The fraction of sp³-hybridized carbons (Fsp3) is 0.333. The van der Waals surface area contributed by atoms with Crippen molar-refractivity contribution in [1.29, 1.82) is 0 Å². The van der Waals surface area contributed by atoms with Crippen molar-refractivity contribution in [2.45, 2.75) is 118 Å². The standard InChI is InChI=1S/C60H66Si/c1-57(2,3)51-33-31-43-47(55(51)45-29-21-19-27-41(45)39-23-15-13-16-24-39)35-53(59(7,8)9)49(43)37-61-38-50-44-32-34-52(58(4,5)6)56(48(44)36-54(50)60(10,11)12)46-30-22-20-28-42(46)40-25-17-14-18-26-40/h13-36,49-50H,37-38H2,1-12H3. The Morgan fingerprint density at radius 2 is 0.689 bits per heavy atom. The van der Waals surface area contributed by atoms with Gasteiger partial charge in [0.25, 0.3) is 0 Å². The zero-order valence-electron chi connectivity index (χ0n) is 38.9. The molecule has 0 saturated carbocycles. The van der Waals surface area contributed by atoms with Crippen molar-refractivity contribution in [2.24, 2.45) is 10.8 Å². The second-order valence-corrected chi connectivity index (χ2v) is 23.1. The quantitative estimate of drug-likeness (QED) is 0.134. The van der Waals surface area contributed by atoms with Gasteiger partial charge in [-0.1, -0.05) is 252 Å². The molecule has 0 bridgehead atoms. The van der Waals surface area contributed by atoms with Gasteiger partial charge < -0.3 is 0 Å². The topological polar surface area (TPSA) is 0 Å². The predicted molar refractivity (Wildman–Crippen MR) is 268 cm³/mol. The molecule has 0 nitrogen and oxygen atoms in total. The van der Waals surface area contributed by atoms with Gasteiger partial charge in [0.2, 0.25) is 0 Å². The van der Waals surface area contributed by atoms with Crippen LogP contribution in [0.3, 0.4) is 0 Å². The van der Waals surface area contributed by atoms with E-state index in [1.54, 1.807) is 11.1 Å². The van der Waals surface area contributed by atoms with Crippen LogP contribution in [0.2, 0.25) is 12.1 Å². The fourth-order valence-electron chi connectivity index (χ4n) is 10.3. The number of hydrogen-bond acceptors (Lipinski definition) is 0. The van der Waals surface area contributed by atoms with Gasteiger partial charge in [-0.2, -0.15) is 0 Å². The molecule has 0 spiro atoms. The molecule has 310 valence electrons. The number of hydrogen-bond donors (Lipinski definition) is 0. The molecule has 2 atom stereocenters. The van der Waals surface area contributed by atoms with Crippen LogP contribution in [0, 0.1) is 10.8 Å². The van der Waals surface area contributed by atoms with Crippen molar-refractivity contribution in [2.75, 3.05) is 0 Å². The van der Waals surface area contributed by atoms with Crippen molar-refractivity contribution in [3.8, 4) is 44.5 Å². The van der Waals surface area contributed by atoms with Crippen molar-refractivity contribution in [1.82, 2.24) is 0 Å². The highest BCUT2D eigenvalue weighted by Gasteiger charge is 2.39. The van der Waals surface area contributed by atoms with Gasteiger partial charge in [0.05, 0.1) is 0 Å². The summed E-state index contributed by atoms with van der Waals surface area (Å²) in [5, 5.41) is 0. The molecule has 6 aromatic carbocycles. The van der Waals surface area contributed by atoms with Gasteiger partial charge >= 0.3 is 0 Å². The maximum Gasteiger partial charge on any atom is 0.0397 e. The van der Waals surface area contributed by atoms with Crippen LogP contribution in [0.15, 0.2) is 145 Å². The van der Waals surface area contributed by atoms with E-state index < -0.39 is 0 Å². The van der Waals surface area contributed by atoms with E-state index in [1.165, 1.54) is 77.9 Å². The summed E-state index contributed by atoms with van der Waals surface area (Å²) >= 11 is 0. The largest absolute Gasteiger partial charge is 0.0622 e. The Bertz CT molecular complexity index is 2440. The van der Waals surface area contributed by atoms with Gasteiger partial charge in [-0.25, -0.2) is 0 Å². The molecule has 2 radical (unpaired) electrons. The van der Waals surface area contributed by atoms with E-state index in [1.807, 2.05) is 0 Å². The van der Waals surface area contributed by atoms with Crippen LogP contribution in [0.5, 0.6) is 0 Å². The van der Waals surface area contributed by atoms with Gasteiger partial charge in [0.1, 0.15) is 0 Å². The molecule has 1 heteroatoms. The van der Waals surface area contributed by atoms with E-state index in [-0.39, 0.29) is 21.7 Å². The fourth-order valence-corrected chi connectivity index (χ4v) is 11.9. The minimum Gasteiger partial charge on any atom is -0.0622 e. The maximum atomic E-state index is 2.62. The smallest absolute Gasteiger partial charge is 0.0397 e. The lowest BCUT2D eigenvalue weighted by atomic mass is 9.77. The van der Waals surface area contributed by atoms with E-state index >= 15 is 0 Å². The Labute approximate surface area is 371 Å². The Kier molecular flexibility index (Phi) is 11.2. The minimum atomic E-state index is -0.0113. The van der Waals surface area contributed by atoms with E-state index in [2.05, 4.69) is 229 Å². The second kappa shape index (κ2) is 16.0. The van der Waals surface area contributed by atoms with Crippen molar-refractivity contribution in [3.05, 3.63) is 178 Å². The molecule has 2 aliphatic carbocycles. The van der Waals surface area contributed by atoms with Crippen LogP contribution >= 0.6 is 0 Å². The summed E-state index contributed by atoms with van der Waals surface area (Å²) in [4.78, 5) is 0. The molecule has 8 rings (SSSR count). The van der Waals surface area contributed by atoms with E-state index in [0.29, 0.717) is 11.8 Å². The molecule has 0 heterocycles. The maximum absolute atomic E-state index is 2.62. The number of fused-ring (bicyclic) bond motifs is 2. The molecule has 61 heavy (non-hydrogen) atoms. The van der Waals surface area contributed by atoms with Gasteiger partial charge in [0, 0.05) is 21.4 Å². The predicted octanol–water partition coefficient (Wildman–Crippen LogP) is 17.2. The molecule has 0 fully saturated rings. The summed E-state index contributed by atoms with van der Waals surface area (Å²) in [5.74, 6) is 0.786. The molecule has 0 aromatic heterocycles. The molecule has 2 unspecified atom stereocenters. The Morgan fingerprint density at radius 1 is 0.361 bits per heavy atom. The SMILES string of the molecule is CC(C)(C)C1=Cc2c(ccc(C(C)(C)C)c2-c2ccccc2-c2ccccc2)C1C[Si]CC1C(C(C)(C)C)=Cc2c1ccc(C(C)(C)C)c2-c1ccccc1-c1ccccc1. The molecular formula is C60H66Si. The normalized spacial score (nSPS) is 16.6. The van der Waals surface area contributed by atoms with Gasteiger partial charge in [-0.3, -0.25) is 0 Å². The average Bonchev–Trinajstić information content (AvgIpc) is 3.80. The molecule has 0 N–H and O–H groups in total. The van der Waals surface area contributed by atoms with Crippen LogP contribution < -0.4 is 0 Å². The van der Waals surface area contributed by atoms with Crippen LogP contribution in [0.4, 0.5) is 0 Å². The molecule has 0 aliphatic heterocycles. The van der Waals surface area contributed by atoms with Crippen LogP contribution in [0.25, 0.3) is 56.7 Å². The number of benzene rings is 6. The summed E-state index contributed by atoms with van der Waals surface area (Å²) in [6, 6.07) is 52.4. The zero-order chi connectivity index (χ0) is 43.5.